The number of carbonyl (C=O) groups excluding carboxylic acids is 2. The van der Waals surface area contributed by atoms with Gasteiger partial charge >= 0.3 is 0 Å². The van der Waals surface area contributed by atoms with E-state index in [0.717, 1.165) is 32.2 Å². The highest BCUT2D eigenvalue weighted by Crippen LogP contribution is 2.11. The second-order valence-corrected chi connectivity index (χ2v) is 5.52. The third-order valence-corrected chi connectivity index (χ3v) is 3.34. The maximum absolute atomic E-state index is 12.3. The van der Waals surface area contributed by atoms with Crippen molar-refractivity contribution in [1.82, 2.24) is 10.2 Å². The molecular weight excluding hydrogens is 228 g/mol. The van der Waals surface area contributed by atoms with Gasteiger partial charge in [0.2, 0.25) is 11.8 Å². The zero-order chi connectivity index (χ0) is 13.5. The number of nitrogens with one attached hydrogen (secondary N) is 1. The first-order valence-corrected chi connectivity index (χ1v) is 7.12. The Morgan fingerprint density at radius 2 is 2.11 bits per heavy atom. The van der Waals surface area contributed by atoms with Gasteiger partial charge in [-0.3, -0.25) is 9.59 Å². The third kappa shape index (κ3) is 4.67. The van der Waals surface area contributed by atoms with Crippen molar-refractivity contribution in [2.24, 2.45) is 5.92 Å². The van der Waals surface area contributed by atoms with Crippen molar-refractivity contribution >= 4 is 11.8 Å². The van der Waals surface area contributed by atoms with Crippen LogP contribution in [-0.2, 0) is 9.59 Å². The molecule has 1 fully saturated rings. The smallest absolute Gasteiger partial charge is 0.245 e. The average molecular weight is 254 g/mol. The highest BCUT2D eigenvalue weighted by molar-refractivity contribution is 5.89. The summed E-state index contributed by atoms with van der Waals surface area (Å²) in [5.41, 5.74) is 0. The van der Waals surface area contributed by atoms with E-state index in [-0.39, 0.29) is 17.9 Å². The quantitative estimate of drug-likeness (QED) is 0.787. The van der Waals surface area contributed by atoms with Gasteiger partial charge in [-0.25, -0.2) is 0 Å². The molecule has 1 saturated heterocycles. The SMILES string of the molecule is CCCC1NC(=O)CCN(CCCC(C)C)C1=O. The number of rotatable bonds is 6. The van der Waals surface area contributed by atoms with Gasteiger partial charge in [-0.2, -0.15) is 0 Å². The molecule has 1 N–H and O–H groups in total. The van der Waals surface area contributed by atoms with Crippen LogP contribution < -0.4 is 5.32 Å². The molecule has 0 saturated carbocycles. The molecular formula is C14H26N2O2. The molecule has 0 aromatic carbocycles. The maximum atomic E-state index is 12.3. The van der Waals surface area contributed by atoms with E-state index in [0.29, 0.717) is 18.9 Å². The van der Waals surface area contributed by atoms with Gasteiger partial charge in [0.25, 0.3) is 0 Å². The molecule has 4 nitrogen and oxygen atoms in total. The van der Waals surface area contributed by atoms with Crippen LogP contribution in [0.25, 0.3) is 0 Å². The standard InChI is InChI=1S/C14H26N2O2/c1-4-6-12-14(18)16(9-5-7-11(2)3)10-8-13(17)15-12/h11-12H,4-10H2,1-3H3,(H,15,17). The summed E-state index contributed by atoms with van der Waals surface area (Å²) in [6.07, 6.45) is 4.25. The molecule has 0 radical (unpaired) electrons. The van der Waals surface area contributed by atoms with Gasteiger partial charge in [0.05, 0.1) is 0 Å². The summed E-state index contributed by atoms with van der Waals surface area (Å²) in [4.78, 5) is 25.7. The van der Waals surface area contributed by atoms with Crippen molar-refractivity contribution in [3.63, 3.8) is 0 Å². The maximum Gasteiger partial charge on any atom is 0.245 e. The van der Waals surface area contributed by atoms with E-state index in [1.807, 2.05) is 11.8 Å². The molecule has 0 aliphatic carbocycles. The summed E-state index contributed by atoms with van der Waals surface area (Å²) in [5, 5.41) is 2.83. The molecule has 0 aromatic heterocycles. The normalized spacial score (nSPS) is 21.1. The Morgan fingerprint density at radius 1 is 1.39 bits per heavy atom. The van der Waals surface area contributed by atoms with Crippen LogP contribution in [0.3, 0.4) is 0 Å². The molecule has 1 heterocycles. The topological polar surface area (TPSA) is 49.4 Å². The number of carbonyl (C=O) groups is 2. The molecule has 0 aromatic rings. The van der Waals surface area contributed by atoms with Gasteiger partial charge in [-0.15, -0.1) is 0 Å². The Kier molecular flexibility index (Phi) is 6.16. The summed E-state index contributed by atoms with van der Waals surface area (Å²) in [6.45, 7) is 7.77. The molecule has 4 heteroatoms. The van der Waals surface area contributed by atoms with Gasteiger partial charge in [-0.05, 0) is 25.2 Å². The van der Waals surface area contributed by atoms with Crippen LogP contribution in [0.1, 0.15) is 52.9 Å². The fourth-order valence-corrected chi connectivity index (χ4v) is 2.29. The van der Waals surface area contributed by atoms with E-state index in [9.17, 15) is 9.59 Å². The lowest BCUT2D eigenvalue weighted by Crippen LogP contribution is -2.44. The molecule has 18 heavy (non-hydrogen) atoms. The van der Waals surface area contributed by atoms with Crippen LogP contribution in [0, 0.1) is 5.92 Å². The first-order chi connectivity index (χ1) is 8.54. The molecule has 1 aliphatic heterocycles. The van der Waals surface area contributed by atoms with Gasteiger partial charge in [0.1, 0.15) is 6.04 Å². The lowest BCUT2D eigenvalue weighted by molar-refractivity contribution is -0.133. The fourth-order valence-electron chi connectivity index (χ4n) is 2.29. The first kappa shape index (κ1) is 15.0. The number of hydrogen-bond acceptors (Lipinski definition) is 2. The van der Waals surface area contributed by atoms with E-state index in [4.69, 9.17) is 0 Å². The minimum atomic E-state index is -0.302. The van der Waals surface area contributed by atoms with Crippen molar-refractivity contribution in [2.75, 3.05) is 13.1 Å². The lowest BCUT2D eigenvalue weighted by atomic mass is 10.1. The van der Waals surface area contributed by atoms with E-state index in [1.54, 1.807) is 0 Å². The van der Waals surface area contributed by atoms with Crippen LogP contribution in [0.4, 0.5) is 0 Å². The molecule has 1 aliphatic rings. The second-order valence-electron chi connectivity index (χ2n) is 5.52. The van der Waals surface area contributed by atoms with Gasteiger partial charge in [0.15, 0.2) is 0 Å². The average Bonchev–Trinajstić information content (AvgIpc) is 2.42. The monoisotopic (exact) mass is 254 g/mol. The van der Waals surface area contributed by atoms with Crippen LogP contribution in [-0.4, -0.2) is 35.8 Å². The van der Waals surface area contributed by atoms with Crippen molar-refractivity contribution in [3.8, 4) is 0 Å². The van der Waals surface area contributed by atoms with Gasteiger partial charge in [-0.1, -0.05) is 27.2 Å². The molecule has 1 rings (SSSR count). The first-order valence-electron chi connectivity index (χ1n) is 7.12. The Labute approximate surface area is 110 Å². The van der Waals surface area contributed by atoms with Crippen LogP contribution in [0.15, 0.2) is 0 Å². The number of amides is 2. The second kappa shape index (κ2) is 7.39. The summed E-state index contributed by atoms with van der Waals surface area (Å²) in [5.74, 6) is 0.776. The highest BCUT2D eigenvalue weighted by Gasteiger charge is 2.28. The Balaban J connectivity index is 2.54. The van der Waals surface area contributed by atoms with Crippen molar-refractivity contribution in [3.05, 3.63) is 0 Å². The Hall–Kier alpha value is -1.06. The molecule has 0 spiro atoms. The Bertz CT molecular complexity index is 290. The summed E-state index contributed by atoms with van der Waals surface area (Å²) in [6, 6.07) is -0.302. The minimum Gasteiger partial charge on any atom is -0.344 e. The molecule has 1 atom stereocenters. The van der Waals surface area contributed by atoms with Crippen LogP contribution >= 0.6 is 0 Å². The van der Waals surface area contributed by atoms with Gasteiger partial charge in [0, 0.05) is 19.5 Å². The number of hydrogen-bond donors (Lipinski definition) is 1. The fraction of sp³-hybridized carbons (Fsp3) is 0.857. The number of nitrogens with zero attached hydrogens (tertiary/aromatic N) is 1. The Morgan fingerprint density at radius 3 is 2.72 bits per heavy atom. The van der Waals surface area contributed by atoms with Crippen LogP contribution in [0.5, 0.6) is 0 Å². The summed E-state index contributed by atoms with van der Waals surface area (Å²) in [7, 11) is 0. The van der Waals surface area contributed by atoms with E-state index in [1.165, 1.54) is 0 Å². The molecule has 0 bridgehead atoms. The van der Waals surface area contributed by atoms with Crippen molar-refractivity contribution < 1.29 is 9.59 Å². The third-order valence-electron chi connectivity index (χ3n) is 3.34. The molecule has 2 amide bonds. The zero-order valence-corrected chi connectivity index (χ0v) is 11.9. The molecule has 1 unspecified atom stereocenters. The minimum absolute atomic E-state index is 0.00756. The predicted molar refractivity (Wildman–Crippen MR) is 72.1 cm³/mol. The lowest BCUT2D eigenvalue weighted by Gasteiger charge is -2.24. The predicted octanol–water partition coefficient (Wildman–Crippen LogP) is 1.94. The highest BCUT2D eigenvalue weighted by atomic mass is 16.2. The largest absolute Gasteiger partial charge is 0.344 e. The van der Waals surface area contributed by atoms with Crippen molar-refractivity contribution in [1.29, 1.82) is 0 Å². The molecule has 104 valence electrons. The van der Waals surface area contributed by atoms with Crippen LogP contribution in [0.2, 0.25) is 0 Å². The summed E-state index contributed by atoms with van der Waals surface area (Å²) < 4.78 is 0. The summed E-state index contributed by atoms with van der Waals surface area (Å²) >= 11 is 0. The van der Waals surface area contributed by atoms with Crippen molar-refractivity contribution in [2.45, 2.75) is 58.9 Å². The van der Waals surface area contributed by atoms with E-state index in [2.05, 4.69) is 19.2 Å². The zero-order valence-electron chi connectivity index (χ0n) is 11.9. The van der Waals surface area contributed by atoms with E-state index >= 15 is 0 Å². The van der Waals surface area contributed by atoms with E-state index < -0.39 is 0 Å². The van der Waals surface area contributed by atoms with Gasteiger partial charge < -0.3 is 10.2 Å².